The molecule has 6 nitrogen and oxygen atoms in total. The van der Waals surface area contributed by atoms with Crippen molar-refractivity contribution in [2.24, 2.45) is 0 Å². The van der Waals surface area contributed by atoms with E-state index in [1.165, 1.54) is 5.56 Å². The minimum Gasteiger partial charge on any atom is -0.359 e. The maximum Gasteiger partial charge on any atom is 0.214 e. The minimum absolute atomic E-state index is 0.925. The second-order valence-electron chi connectivity index (χ2n) is 6.55. The highest BCUT2D eigenvalue weighted by Gasteiger charge is 2.16. The van der Waals surface area contributed by atoms with E-state index >= 15 is 0 Å². The first-order valence-electron chi connectivity index (χ1n) is 8.81. The number of nitrogens with zero attached hydrogens (tertiary/aromatic N) is 5. The Morgan fingerprint density at radius 2 is 1.84 bits per heavy atom. The number of aromatic nitrogens is 3. The first-order valence-corrected chi connectivity index (χ1v) is 9.63. The maximum atomic E-state index is 4.51. The Labute approximate surface area is 152 Å². The number of aryl methyl sites for hydroxylation is 1. The molecule has 0 bridgehead atoms. The van der Waals surface area contributed by atoms with Gasteiger partial charge in [-0.05, 0) is 12.5 Å². The van der Waals surface area contributed by atoms with Gasteiger partial charge < -0.3 is 5.32 Å². The van der Waals surface area contributed by atoms with E-state index in [4.69, 9.17) is 0 Å². The molecule has 0 spiro atoms. The second kappa shape index (κ2) is 7.51. The molecule has 1 N–H and O–H groups in total. The Morgan fingerprint density at radius 1 is 1.08 bits per heavy atom. The van der Waals surface area contributed by atoms with Gasteiger partial charge in [0.1, 0.15) is 0 Å². The van der Waals surface area contributed by atoms with Crippen molar-refractivity contribution in [3.63, 3.8) is 0 Å². The lowest BCUT2D eigenvalue weighted by Gasteiger charge is -2.34. The van der Waals surface area contributed by atoms with Crippen LogP contribution < -0.4 is 5.32 Å². The topological polar surface area (TPSA) is 48.7 Å². The summed E-state index contributed by atoms with van der Waals surface area (Å²) < 4.78 is 1.85. The molecule has 0 radical (unpaired) electrons. The van der Waals surface area contributed by atoms with Crippen LogP contribution in [0.3, 0.4) is 0 Å². The van der Waals surface area contributed by atoms with Gasteiger partial charge in [0.25, 0.3) is 0 Å². The Hall–Kier alpha value is -1.96. The second-order valence-corrected chi connectivity index (χ2v) is 7.50. The first kappa shape index (κ1) is 16.5. The van der Waals surface area contributed by atoms with Crippen LogP contribution in [-0.4, -0.2) is 63.7 Å². The van der Waals surface area contributed by atoms with Crippen molar-refractivity contribution in [2.45, 2.75) is 13.5 Å². The highest BCUT2D eigenvalue weighted by Crippen LogP contribution is 2.18. The average molecular weight is 356 g/mol. The van der Waals surface area contributed by atoms with Gasteiger partial charge in [-0.25, -0.2) is 9.50 Å². The average Bonchev–Trinajstić information content (AvgIpc) is 3.14. The zero-order chi connectivity index (χ0) is 17.1. The summed E-state index contributed by atoms with van der Waals surface area (Å²) in [6, 6.07) is 10.7. The molecule has 1 fully saturated rings. The van der Waals surface area contributed by atoms with E-state index < -0.39 is 0 Å². The molecule has 2 aromatic heterocycles. The summed E-state index contributed by atoms with van der Waals surface area (Å²) in [5.74, 6) is 0. The van der Waals surface area contributed by atoms with E-state index in [0.29, 0.717) is 0 Å². The van der Waals surface area contributed by atoms with Gasteiger partial charge in [0, 0.05) is 45.8 Å². The van der Waals surface area contributed by atoms with Crippen molar-refractivity contribution in [3.05, 3.63) is 47.8 Å². The summed E-state index contributed by atoms with van der Waals surface area (Å²) in [4.78, 5) is 10.5. The van der Waals surface area contributed by atoms with Crippen LogP contribution in [0.1, 0.15) is 11.3 Å². The third kappa shape index (κ3) is 4.18. The number of imidazole rings is 1. The molecule has 0 amide bonds. The Kier molecular flexibility index (Phi) is 4.96. The van der Waals surface area contributed by atoms with Gasteiger partial charge >= 0.3 is 0 Å². The third-order valence-electron chi connectivity index (χ3n) is 4.58. The molecule has 0 unspecified atom stereocenters. The van der Waals surface area contributed by atoms with E-state index in [0.717, 1.165) is 61.6 Å². The number of nitrogens with one attached hydrogen (secondary N) is 1. The standard InChI is InChI=1S/C18H24N6S/c1-15-13-24-18(20-15)25-17(21-24)19-7-8-22-9-11-23(12-10-22)14-16-5-3-2-4-6-16/h2-6,13H,7-12,14H2,1H3,(H,19,21). The van der Waals surface area contributed by atoms with E-state index in [-0.39, 0.29) is 0 Å². The van der Waals surface area contributed by atoms with E-state index in [1.807, 2.05) is 17.6 Å². The van der Waals surface area contributed by atoms with Crippen LogP contribution >= 0.6 is 11.3 Å². The van der Waals surface area contributed by atoms with Crippen molar-refractivity contribution in [3.8, 4) is 0 Å². The molecule has 3 aromatic rings. The molecule has 0 aliphatic carbocycles. The number of benzene rings is 1. The fourth-order valence-corrected chi connectivity index (χ4v) is 4.07. The molecule has 0 saturated carbocycles. The number of hydrogen-bond donors (Lipinski definition) is 1. The lowest BCUT2D eigenvalue weighted by atomic mass is 10.2. The first-order chi connectivity index (χ1) is 12.3. The fourth-order valence-electron chi connectivity index (χ4n) is 3.21. The van der Waals surface area contributed by atoms with Gasteiger partial charge in [-0.1, -0.05) is 41.7 Å². The van der Waals surface area contributed by atoms with Crippen LogP contribution in [0.15, 0.2) is 36.5 Å². The molecule has 4 rings (SSSR count). The van der Waals surface area contributed by atoms with Crippen LogP contribution in [-0.2, 0) is 6.54 Å². The number of hydrogen-bond acceptors (Lipinski definition) is 6. The van der Waals surface area contributed by atoms with Gasteiger partial charge in [-0.3, -0.25) is 9.80 Å². The van der Waals surface area contributed by atoms with E-state index in [9.17, 15) is 0 Å². The molecule has 7 heteroatoms. The molecule has 1 saturated heterocycles. The number of fused-ring (bicyclic) bond motifs is 1. The van der Waals surface area contributed by atoms with Gasteiger partial charge in [-0.15, -0.1) is 5.10 Å². The quantitative estimate of drug-likeness (QED) is 0.735. The number of rotatable bonds is 6. The molecule has 132 valence electrons. The fraction of sp³-hybridized carbons (Fsp3) is 0.444. The Bertz CT molecular complexity index is 772. The van der Waals surface area contributed by atoms with Crippen molar-refractivity contribution in [1.82, 2.24) is 24.4 Å². The lowest BCUT2D eigenvalue weighted by molar-refractivity contribution is 0.130. The Morgan fingerprint density at radius 3 is 2.60 bits per heavy atom. The molecule has 1 aliphatic rings. The van der Waals surface area contributed by atoms with Crippen LogP contribution in [0.4, 0.5) is 5.13 Å². The third-order valence-corrected chi connectivity index (χ3v) is 5.46. The van der Waals surface area contributed by atoms with Crippen molar-refractivity contribution < 1.29 is 0 Å². The van der Waals surface area contributed by atoms with Gasteiger partial charge in [0.05, 0.1) is 11.9 Å². The lowest BCUT2D eigenvalue weighted by Crippen LogP contribution is -2.47. The highest BCUT2D eigenvalue weighted by atomic mass is 32.1. The minimum atomic E-state index is 0.925. The summed E-state index contributed by atoms with van der Waals surface area (Å²) in [5.41, 5.74) is 2.42. The van der Waals surface area contributed by atoms with Crippen molar-refractivity contribution in [2.75, 3.05) is 44.6 Å². The SMILES string of the molecule is Cc1cn2nc(NCCN3CCN(Cc4ccccc4)CC3)sc2n1. The smallest absolute Gasteiger partial charge is 0.214 e. The van der Waals surface area contributed by atoms with Crippen LogP contribution in [0.2, 0.25) is 0 Å². The highest BCUT2D eigenvalue weighted by molar-refractivity contribution is 7.20. The Balaban J connectivity index is 1.19. The number of piperazine rings is 1. The molecule has 25 heavy (non-hydrogen) atoms. The van der Waals surface area contributed by atoms with Gasteiger partial charge in [0.2, 0.25) is 10.1 Å². The monoisotopic (exact) mass is 356 g/mol. The summed E-state index contributed by atoms with van der Waals surface area (Å²) in [5, 5.41) is 8.89. The molecule has 1 aromatic carbocycles. The van der Waals surface area contributed by atoms with E-state index in [1.54, 1.807) is 11.3 Å². The van der Waals surface area contributed by atoms with Crippen LogP contribution in [0, 0.1) is 6.92 Å². The predicted molar refractivity (Wildman–Crippen MR) is 102 cm³/mol. The summed E-state index contributed by atoms with van der Waals surface area (Å²) in [7, 11) is 0. The van der Waals surface area contributed by atoms with Crippen LogP contribution in [0.5, 0.6) is 0 Å². The molecule has 1 aliphatic heterocycles. The van der Waals surface area contributed by atoms with E-state index in [2.05, 4.69) is 55.5 Å². The van der Waals surface area contributed by atoms with Crippen molar-refractivity contribution >= 4 is 21.4 Å². The summed E-state index contributed by atoms with van der Waals surface area (Å²) in [6.07, 6.45) is 1.96. The largest absolute Gasteiger partial charge is 0.359 e. The van der Waals surface area contributed by atoms with Crippen LogP contribution in [0.25, 0.3) is 4.96 Å². The number of anilines is 1. The summed E-state index contributed by atoms with van der Waals surface area (Å²) >= 11 is 1.61. The normalized spacial score (nSPS) is 16.5. The predicted octanol–water partition coefficient (Wildman–Crippen LogP) is 2.33. The summed E-state index contributed by atoms with van der Waals surface area (Å²) in [6.45, 7) is 9.58. The molecule has 0 atom stereocenters. The molecular weight excluding hydrogens is 332 g/mol. The maximum absolute atomic E-state index is 4.51. The van der Waals surface area contributed by atoms with Crippen molar-refractivity contribution in [1.29, 1.82) is 0 Å². The van der Waals surface area contributed by atoms with Gasteiger partial charge in [0.15, 0.2) is 0 Å². The molecule has 3 heterocycles. The zero-order valence-corrected chi connectivity index (χ0v) is 15.4. The zero-order valence-electron chi connectivity index (χ0n) is 14.6. The molecular formula is C18H24N6S. The van der Waals surface area contributed by atoms with Gasteiger partial charge in [-0.2, -0.15) is 0 Å².